The molecule has 0 heterocycles. The van der Waals surface area contributed by atoms with Crippen LogP contribution in [0.5, 0.6) is 0 Å². The van der Waals surface area contributed by atoms with Crippen molar-refractivity contribution in [1.29, 1.82) is 0 Å². The second-order valence-electron chi connectivity index (χ2n) is 12.3. The van der Waals surface area contributed by atoms with Gasteiger partial charge >= 0.3 is 11.9 Å². The van der Waals surface area contributed by atoms with Gasteiger partial charge in [0, 0.05) is 12.8 Å². The molecule has 0 bridgehead atoms. The number of hydrogen-bond acceptors (Lipinski definition) is 5. The van der Waals surface area contributed by atoms with E-state index in [-0.39, 0.29) is 25.2 Å². The quantitative estimate of drug-likeness (QED) is 0.0429. The standard InChI is InChI=1S/C43H70O5/c1-3-5-7-9-11-13-15-17-19-20-21-22-24-25-27-29-31-33-35-37-42(45)47-40-41(39-44)48-43(46)38-36-34-32-30-28-26-23-18-16-14-12-10-8-6-4-2/h11-14,17-19,21-23,25,27-28,30,41,44H,3-10,15-16,20,24,26,29,31-40H2,1-2H3/b13-11-,14-12-,19-17-,22-21-,23-18-,27-25-,30-28-/t41-/m0/s1. The molecule has 0 amide bonds. The first-order valence-electron chi connectivity index (χ1n) is 19.1. The van der Waals surface area contributed by atoms with Gasteiger partial charge in [0.1, 0.15) is 6.61 Å². The monoisotopic (exact) mass is 667 g/mol. The van der Waals surface area contributed by atoms with Gasteiger partial charge in [0.25, 0.3) is 0 Å². The Morgan fingerprint density at radius 2 is 0.833 bits per heavy atom. The molecule has 0 saturated heterocycles. The summed E-state index contributed by atoms with van der Waals surface area (Å²) in [5.41, 5.74) is 0. The third-order valence-corrected chi connectivity index (χ3v) is 7.66. The number of carbonyl (C=O) groups excluding carboxylic acids is 2. The molecule has 0 aromatic rings. The molecule has 0 spiro atoms. The maximum Gasteiger partial charge on any atom is 0.306 e. The van der Waals surface area contributed by atoms with Crippen LogP contribution in [0.3, 0.4) is 0 Å². The summed E-state index contributed by atoms with van der Waals surface area (Å²) in [6, 6.07) is 0. The van der Waals surface area contributed by atoms with E-state index in [1.807, 2.05) is 0 Å². The average molecular weight is 667 g/mol. The van der Waals surface area contributed by atoms with E-state index in [1.165, 1.54) is 51.4 Å². The van der Waals surface area contributed by atoms with E-state index in [9.17, 15) is 14.7 Å². The van der Waals surface area contributed by atoms with Crippen LogP contribution in [-0.4, -0.2) is 36.4 Å². The summed E-state index contributed by atoms with van der Waals surface area (Å²) in [6.07, 6.45) is 52.1. The Morgan fingerprint density at radius 3 is 1.25 bits per heavy atom. The number of rotatable bonds is 33. The maximum absolute atomic E-state index is 12.1. The lowest BCUT2D eigenvalue weighted by Gasteiger charge is -2.15. The first-order valence-corrected chi connectivity index (χ1v) is 19.1. The topological polar surface area (TPSA) is 72.8 Å². The van der Waals surface area contributed by atoms with Gasteiger partial charge in [0.2, 0.25) is 0 Å². The Kier molecular flexibility index (Phi) is 36.2. The number of aliphatic hydroxyl groups excluding tert-OH is 1. The molecular weight excluding hydrogens is 596 g/mol. The number of allylic oxidation sites excluding steroid dienone is 14. The van der Waals surface area contributed by atoms with Gasteiger partial charge in [-0.2, -0.15) is 0 Å². The summed E-state index contributed by atoms with van der Waals surface area (Å²) in [6.45, 7) is 4.00. The summed E-state index contributed by atoms with van der Waals surface area (Å²) in [5.74, 6) is -0.681. The molecule has 0 aliphatic rings. The van der Waals surface area contributed by atoms with Gasteiger partial charge in [-0.15, -0.1) is 0 Å². The lowest BCUT2D eigenvalue weighted by molar-refractivity contribution is -0.161. The number of hydrogen-bond donors (Lipinski definition) is 1. The van der Waals surface area contributed by atoms with Gasteiger partial charge < -0.3 is 14.6 Å². The van der Waals surface area contributed by atoms with E-state index in [0.717, 1.165) is 77.0 Å². The van der Waals surface area contributed by atoms with E-state index >= 15 is 0 Å². The first-order chi connectivity index (χ1) is 23.6. The minimum atomic E-state index is -0.809. The van der Waals surface area contributed by atoms with E-state index in [1.54, 1.807) is 0 Å². The largest absolute Gasteiger partial charge is 0.462 e. The molecule has 0 saturated carbocycles. The highest BCUT2D eigenvalue weighted by Crippen LogP contribution is 2.08. The minimum Gasteiger partial charge on any atom is -0.462 e. The molecule has 5 heteroatoms. The molecule has 1 N–H and O–H groups in total. The zero-order valence-electron chi connectivity index (χ0n) is 30.7. The van der Waals surface area contributed by atoms with Crippen LogP contribution in [-0.2, 0) is 19.1 Å². The molecule has 0 aliphatic heterocycles. The Hall–Kier alpha value is -2.92. The van der Waals surface area contributed by atoms with E-state index < -0.39 is 6.10 Å². The zero-order valence-corrected chi connectivity index (χ0v) is 30.7. The molecule has 0 radical (unpaired) electrons. The van der Waals surface area contributed by atoms with Crippen LogP contribution in [0.25, 0.3) is 0 Å². The molecule has 1 atom stereocenters. The number of ether oxygens (including phenoxy) is 2. The van der Waals surface area contributed by atoms with Crippen LogP contribution >= 0.6 is 0 Å². The number of unbranched alkanes of at least 4 members (excludes halogenated alkanes) is 11. The van der Waals surface area contributed by atoms with Crippen molar-refractivity contribution in [1.82, 2.24) is 0 Å². The van der Waals surface area contributed by atoms with Gasteiger partial charge in [-0.3, -0.25) is 9.59 Å². The van der Waals surface area contributed by atoms with Crippen molar-refractivity contribution in [3.63, 3.8) is 0 Å². The second-order valence-corrected chi connectivity index (χ2v) is 12.3. The number of aliphatic hydroxyl groups is 1. The first kappa shape index (κ1) is 45.1. The fourth-order valence-corrected chi connectivity index (χ4v) is 4.72. The zero-order chi connectivity index (χ0) is 35.0. The van der Waals surface area contributed by atoms with Crippen molar-refractivity contribution < 1.29 is 24.2 Å². The van der Waals surface area contributed by atoms with Crippen molar-refractivity contribution in [2.75, 3.05) is 13.2 Å². The van der Waals surface area contributed by atoms with Crippen LogP contribution < -0.4 is 0 Å². The summed E-state index contributed by atoms with van der Waals surface area (Å²) in [5, 5.41) is 9.53. The summed E-state index contributed by atoms with van der Waals surface area (Å²) in [4.78, 5) is 24.2. The van der Waals surface area contributed by atoms with Crippen LogP contribution in [0, 0.1) is 0 Å². The molecule has 0 fully saturated rings. The second kappa shape index (κ2) is 38.5. The van der Waals surface area contributed by atoms with E-state index in [4.69, 9.17) is 9.47 Å². The van der Waals surface area contributed by atoms with Crippen molar-refractivity contribution >= 4 is 11.9 Å². The molecule has 0 aromatic heterocycles. The highest BCUT2D eigenvalue weighted by Gasteiger charge is 2.15. The minimum absolute atomic E-state index is 0.103. The Morgan fingerprint density at radius 1 is 0.479 bits per heavy atom. The van der Waals surface area contributed by atoms with E-state index in [2.05, 4.69) is 98.9 Å². The normalized spacial score (nSPS) is 13.1. The third kappa shape index (κ3) is 35.9. The molecule has 272 valence electrons. The highest BCUT2D eigenvalue weighted by atomic mass is 16.6. The summed E-state index contributed by atoms with van der Waals surface area (Å²) < 4.78 is 10.5. The fourth-order valence-electron chi connectivity index (χ4n) is 4.72. The van der Waals surface area contributed by atoms with Crippen LogP contribution in [0.15, 0.2) is 85.1 Å². The predicted molar refractivity (Wildman–Crippen MR) is 205 cm³/mol. The lowest BCUT2D eigenvalue weighted by Crippen LogP contribution is -2.28. The van der Waals surface area contributed by atoms with Gasteiger partial charge in [-0.25, -0.2) is 0 Å². The Bertz CT molecular complexity index is 937. The lowest BCUT2D eigenvalue weighted by atomic mass is 10.1. The number of esters is 2. The van der Waals surface area contributed by atoms with E-state index in [0.29, 0.717) is 12.8 Å². The molecule has 0 unspecified atom stereocenters. The SMILES string of the molecule is CCCCC/C=C\C/C=C\C/C=C\C/C=C\CCCCCC(=O)OC[C@H](CO)OC(=O)CCCC/C=C\C/C=C\C/C=C\CCCCC. The molecular formula is C43H70O5. The summed E-state index contributed by atoms with van der Waals surface area (Å²) in [7, 11) is 0. The predicted octanol–water partition coefficient (Wildman–Crippen LogP) is 11.9. The van der Waals surface area contributed by atoms with Crippen LogP contribution in [0.4, 0.5) is 0 Å². The Balaban J connectivity index is 3.74. The van der Waals surface area contributed by atoms with Crippen molar-refractivity contribution in [3.8, 4) is 0 Å². The third-order valence-electron chi connectivity index (χ3n) is 7.66. The van der Waals surface area contributed by atoms with Crippen molar-refractivity contribution in [2.45, 2.75) is 161 Å². The van der Waals surface area contributed by atoms with Gasteiger partial charge in [0.15, 0.2) is 6.10 Å². The fraction of sp³-hybridized carbons (Fsp3) is 0.628. The molecule has 5 nitrogen and oxygen atoms in total. The molecule has 0 aromatic carbocycles. The molecule has 0 rings (SSSR count). The summed E-state index contributed by atoms with van der Waals surface area (Å²) >= 11 is 0. The van der Waals surface area contributed by atoms with Crippen LogP contribution in [0.2, 0.25) is 0 Å². The highest BCUT2D eigenvalue weighted by molar-refractivity contribution is 5.70. The molecule has 0 aliphatic carbocycles. The van der Waals surface area contributed by atoms with Gasteiger partial charge in [-0.1, -0.05) is 131 Å². The van der Waals surface area contributed by atoms with Gasteiger partial charge in [-0.05, 0) is 96.3 Å². The maximum atomic E-state index is 12.1. The van der Waals surface area contributed by atoms with Gasteiger partial charge in [0.05, 0.1) is 6.61 Å². The van der Waals surface area contributed by atoms with Crippen molar-refractivity contribution in [2.24, 2.45) is 0 Å². The number of carbonyl (C=O) groups is 2. The van der Waals surface area contributed by atoms with Crippen LogP contribution in [0.1, 0.15) is 155 Å². The smallest absolute Gasteiger partial charge is 0.306 e. The average Bonchev–Trinajstić information content (AvgIpc) is 3.09. The molecule has 48 heavy (non-hydrogen) atoms. The Labute approximate surface area is 295 Å². The van der Waals surface area contributed by atoms with Crippen molar-refractivity contribution in [3.05, 3.63) is 85.1 Å².